The second-order valence-corrected chi connectivity index (χ2v) is 5.60. The highest BCUT2D eigenvalue weighted by molar-refractivity contribution is 5.94. The molecule has 1 aliphatic carbocycles. The first-order chi connectivity index (χ1) is 9.29. The van der Waals surface area contributed by atoms with Gasteiger partial charge in [0, 0.05) is 6.04 Å². The van der Waals surface area contributed by atoms with Crippen LogP contribution in [0.2, 0.25) is 0 Å². The summed E-state index contributed by atoms with van der Waals surface area (Å²) in [6, 6.07) is 2.36. The molecule has 3 rings (SSSR count). The minimum atomic E-state index is -0.274. The number of hydrogen-bond donors (Lipinski definition) is 2. The first kappa shape index (κ1) is 12.7. The predicted octanol–water partition coefficient (Wildman–Crippen LogP) is 1.65. The highest BCUT2D eigenvalue weighted by Crippen LogP contribution is 2.37. The fourth-order valence-electron chi connectivity index (χ4n) is 3.68. The van der Waals surface area contributed by atoms with Gasteiger partial charge in [0.15, 0.2) is 0 Å². The Labute approximate surface area is 113 Å². The van der Waals surface area contributed by atoms with Crippen molar-refractivity contribution in [3.05, 3.63) is 23.7 Å². The third-order valence-corrected chi connectivity index (χ3v) is 4.58. The van der Waals surface area contributed by atoms with Crippen LogP contribution in [0.3, 0.4) is 0 Å². The van der Waals surface area contributed by atoms with Crippen LogP contribution in [-0.4, -0.2) is 23.4 Å². The van der Waals surface area contributed by atoms with Crippen molar-refractivity contribution >= 4 is 5.91 Å². The van der Waals surface area contributed by atoms with Crippen molar-refractivity contribution in [2.45, 2.75) is 44.7 Å². The second-order valence-electron chi connectivity index (χ2n) is 5.60. The average Bonchev–Trinajstić information content (AvgIpc) is 3.06. The zero-order valence-electron chi connectivity index (χ0n) is 11.1. The van der Waals surface area contributed by atoms with E-state index in [9.17, 15) is 4.79 Å². The van der Waals surface area contributed by atoms with Gasteiger partial charge in [-0.25, -0.2) is 5.84 Å². The van der Waals surface area contributed by atoms with Gasteiger partial charge in [0.05, 0.1) is 18.4 Å². The van der Waals surface area contributed by atoms with E-state index in [2.05, 4.69) is 10.3 Å². The highest BCUT2D eigenvalue weighted by Gasteiger charge is 2.35. The summed E-state index contributed by atoms with van der Waals surface area (Å²) in [6.45, 7) is 1.82. The molecule has 1 aromatic rings. The summed E-state index contributed by atoms with van der Waals surface area (Å²) in [5.41, 5.74) is 2.73. The van der Waals surface area contributed by atoms with Crippen LogP contribution in [0.1, 0.15) is 48.2 Å². The highest BCUT2D eigenvalue weighted by atomic mass is 16.3. The maximum Gasteiger partial charge on any atom is 0.268 e. The molecule has 2 unspecified atom stereocenters. The molecule has 5 nitrogen and oxygen atoms in total. The largest absolute Gasteiger partial charge is 0.467 e. The van der Waals surface area contributed by atoms with Crippen molar-refractivity contribution in [2.24, 2.45) is 11.8 Å². The van der Waals surface area contributed by atoms with Crippen LogP contribution in [0.15, 0.2) is 16.7 Å². The fraction of sp³-hybridized carbons (Fsp3) is 0.643. The van der Waals surface area contributed by atoms with Gasteiger partial charge in [0.1, 0.15) is 5.76 Å². The Morgan fingerprint density at radius 3 is 3.11 bits per heavy atom. The smallest absolute Gasteiger partial charge is 0.268 e. The van der Waals surface area contributed by atoms with Crippen LogP contribution < -0.4 is 11.3 Å². The molecule has 1 aromatic heterocycles. The van der Waals surface area contributed by atoms with Gasteiger partial charge in [0.2, 0.25) is 0 Å². The Kier molecular flexibility index (Phi) is 3.57. The predicted molar refractivity (Wildman–Crippen MR) is 71.1 cm³/mol. The van der Waals surface area contributed by atoms with Crippen LogP contribution >= 0.6 is 0 Å². The molecular weight excluding hydrogens is 242 g/mol. The topological polar surface area (TPSA) is 71.5 Å². The Morgan fingerprint density at radius 1 is 1.42 bits per heavy atom. The number of nitrogens with one attached hydrogen (secondary N) is 1. The number of carbonyl (C=O) groups excluding carboxylic acids is 1. The zero-order chi connectivity index (χ0) is 13.2. The van der Waals surface area contributed by atoms with Gasteiger partial charge in [-0.2, -0.15) is 0 Å². The molecule has 5 heteroatoms. The third kappa shape index (κ3) is 2.40. The van der Waals surface area contributed by atoms with Crippen molar-refractivity contribution < 1.29 is 9.21 Å². The molecule has 1 saturated heterocycles. The number of carbonyl (C=O) groups is 1. The van der Waals surface area contributed by atoms with Crippen molar-refractivity contribution in [1.29, 1.82) is 0 Å². The molecule has 104 valence electrons. The molecule has 0 bridgehead atoms. The molecule has 0 spiro atoms. The van der Waals surface area contributed by atoms with Crippen LogP contribution in [0, 0.1) is 5.92 Å². The van der Waals surface area contributed by atoms with Gasteiger partial charge in [-0.1, -0.05) is 6.42 Å². The summed E-state index contributed by atoms with van der Waals surface area (Å²) in [4.78, 5) is 14.1. The SMILES string of the molecule is NNC(=O)c1ccoc1CN1CCCC2CCCC21. The summed E-state index contributed by atoms with van der Waals surface area (Å²) >= 11 is 0. The van der Waals surface area contributed by atoms with Crippen LogP contribution in [0.5, 0.6) is 0 Å². The van der Waals surface area contributed by atoms with E-state index in [1.165, 1.54) is 32.1 Å². The lowest BCUT2D eigenvalue weighted by Gasteiger charge is -2.37. The number of nitrogens with two attached hydrogens (primary N) is 1. The maximum absolute atomic E-state index is 11.7. The van der Waals surface area contributed by atoms with E-state index >= 15 is 0 Å². The van der Waals surface area contributed by atoms with Crippen LogP contribution in [0.4, 0.5) is 0 Å². The van der Waals surface area contributed by atoms with Crippen LogP contribution in [0.25, 0.3) is 0 Å². The van der Waals surface area contributed by atoms with Gasteiger partial charge in [0.25, 0.3) is 5.91 Å². The lowest BCUT2D eigenvalue weighted by Crippen LogP contribution is -2.42. The standard InChI is InChI=1S/C14H21N3O2/c15-16-14(18)11-6-8-19-13(11)9-17-7-2-4-10-3-1-5-12(10)17/h6,8,10,12H,1-5,7,9,15H2,(H,16,18). The van der Waals surface area contributed by atoms with Crippen molar-refractivity contribution in [2.75, 3.05) is 6.54 Å². The first-order valence-corrected chi connectivity index (χ1v) is 7.11. The summed E-state index contributed by atoms with van der Waals surface area (Å²) < 4.78 is 5.48. The molecule has 2 atom stereocenters. The molecule has 1 saturated carbocycles. The second kappa shape index (κ2) is 5.35. The molecule has 1 amide bonds. The Morgan fingerprint density at radius 2 is 2.26 bits per heavy atom. The lowest BCUT2D eigenvalue weighted by atomic mass is 9.92. The monoisotopic (exact) mass is 263 g/mol. The number of amides is 1. The Balaban J connectivity index is 1.74. The third-order valence-electron chi connectivity index (χ3n) is 4.58. The Bertz CT molecular complexity index is 457. The maximum atomic E-state index is 11.7. The Hall–Kier alpha value is -1.33. The average molecular weight is 263 g/mol. The number of hydrazine groups is 1. The number of hydrogen-bond acceptors (Lipinski definition) is 4. The minimum absolute atomic E-state index is 0.274. The zero-order valence-corrected chi connectivity index (χ0v) is 11.1. The number of fused-ring (bicyclic) bond motifs is 1. The van der Waals surface area contributed by atoms with E-state index in [0.29, 0.717) is 11.6 Å². The molecule has 1 aliphatic heterocycles. The number of nitrogens with zero attached hydrogens (tertiary/aromatic N) is 1. The number of nitrogen functional groups attached to an aromatic ring is 1. The van der Waals surface area contributed by atoms with E-state index in [-0.39, 0.29) is 5.91 Å². The van der Waals surface area contributed by atoms with E-state index in [1.54, 1.807) is 12.3 Å². The van der Waals surface area contributed by atoms with E-state index in [1.807, 2.05) is 0 Å². The molecule has 0 aromatic carbocycles. The molecule has 2 heterocycles. The first-order valence-electron chi connectivity index (χ1n) is 7.11. The fourth-order valence-corrected chi connectivity index (χ4v) is 3.68. The normalized spacial score (nSPS) is 27.2. The molecule has 2 fully saturated rings. The summed E-state index contributed by atoms with van der Waals surface area (Å²) in [6.07, 6.45) is 8.14. The lowest BCUT2D eigenvalue weighted by molar-refractivity contribution is 0.0913. The quantitative estimate of drug-likeness (QED) is 0.494. The van der Waals surface area contributed by atoms with Gasteiger partial charge >= 0.3 is 0 Å². The van der Waals surface area contributed by atoms with Gasteiger partial charge in [-0.3, -0.25) is 15.1 Å². The molecule has 0 radical (unpaired) electrons. The molecular formula is C14H21N3O2. The summed E-state index contributed by atoms with van der Waals surface area (Å²) in [5.74, 6) is 6.50. The summed E-state index contributed by atoms with van der Waals surface area (Å²) in [5, 5.41) is 0. The molecule has 3 N–H and O–H groups in total. The minimum Gasteiger partial charge on any atom is -0.467 e. The molecule has 19 heavy (non-hydrogen) atoms. The number of likely N-dealkylation sites (tertiary alicyclic amines) is 1. The van der Waals surface area contributed by atoms with Crippen molar-refractivity contribution in [3.63, 3.8) is 0 Å². The summed E-state index contributed by atoms with van der Waals surface area (Å²) in [7, 11) is 0. The van der Waals surface area contributed by atoms with Gasteiger partial charge < -0.3 is 4.42 Å². The van der Waals surface area contributed by atoms with E-state index in [4.69, 9.17) is 10.3 Å². The van der Waals surface area contributed by atoms with Gasteiger partial charge in [-0.05, 0) is 44.2 Å². The number of furan rings is 1. The number of piperidine rings is 1. The van der Waals surface area contributed by atoms with Crippen molar-refractivity contribution in [3.8, 4) is 0 Å². The van der Waals surface area contributed by atoms with Gasteiger partial charge in [-0.15, -0.1) is 0 Å². The number of rotatable bonds is 3. The molecule has 2 aliphatic rings. The van der Waals surface area contributed by atoms with E-state index < -0.39 is 0 Å². The van der Waals surface area contributed by atoms with E-state index in [0.717, 1.165) is 24.8 Å². The van der Waals surface area contributed by atoms with Crippen LogP contribution in [-0.2, 0) is 6.54 Å². The van der Waals surface area contributed by atoms with Crippen molar-refractivity contribution in [1.82, 2.24) is 10.3 Å².